The number of aryl methyl sites for hydroxylation is 2. The summed E-state index contributed by atoms with van der Waals surface area (Å²) in [5, 5.41) is 3.14. The molecule has 1 aliphatic heterocycles. The second kappa shape index (κ2) is 9.84. The summed E-state index contributed by atoms with van der Waals surface area (Å²) in [5.41, 5.74) is 4.40. The molecule has 0 aliphatic carbocycles. The van der Waals surface area contributed by atoms with Gasteiger partial charge in [0.2, 0.25) is 0 Å². The van der Waals surface area contributed by atoms with E-state index in [9.17, 15) is 4.79 Å². The van der Waals surface area contributed by atoms with Crippen molar-refractivity contribution in [3.8, 4) is 0 Å². The quantitative estimate of drug-likeness (QED) is 0.568. The zero-order chi connectivity index (χ0) is 21.6. The lowest BCUT2D eigenvalue weighted by atomic mass is 10.0. The molecule has 5 nitrogen and oxygen atoms in total. The van der Waals surface area contributed by atoms with Crippen LogP contribution in [0.1, 0.15) is 35.3 Å². The standard InChI is InChI=1S/C26H31N3O2/c1-20-10-11-21(2)25(17-20)27-26(30)29(19-24-9-6-16-31-24)23-12-14-28(15-13-23)18-22-7-4-3-5-8-22/h3-11,16-17,23H,12-15,18-19H2,1-2H3,(H,27,30). The van der Waals surface area contributed by atoms with Gasteiger partial charge in [0.1, 0.15) is 5.76 Å². The molecule has 3 aromatic rings. The van der Waals surface area contributed by atoms with Crippen LogP contribution >= 0.6 is 0 Å². The van der Waals surface area contributed by atoms with E-state index in [1.54, 1.807) is 6.26 Å². The van der Waals surface area contributed by atoms with Gasteiger partial charge in [-0.25, -0.2) is 4.79 Å². The van der Waals surface area contributed by atoms with Crippen molar-refractivity contribution in [1.29, 1.82) is 0 Å². The number of piperidine rings is 1. The number of rotatable bonds is 6. The Labute approximate surface area is 184 Å². The number of nitrogens with one attached hydrogen (secondary N) is 1. The van der Waals surface area contributed by atoms with Crippen molar-refractivity contribution in [1.82, 2.24) is 9.80 Å². The number of carbonyl (C=O) groups is 1. The summed E-state index contributed by atoms with van der Waals surface area (Å²) in [6.45, 7) is 7.45. The molecule has 0 radical (unpaired) electrons. The maximum Gasteiger partial charge on any atom is 0.322 e. The molecule has 1 N–H and O–H groups in total. The van der Waals surface area contributed by atoms with Gasteiger partial charge >= 0.3 is 6.03 Å². The highest BCUT2D eigenvalue weighted by molar-refractivity contribution is 5.90. The molecule has 1 aromatic heterocycles. The lowest BCUT2D eigenvalue weighted by molar-refractivity contribution is 0.115. The van der Waals surface area contributed by atoms with E-state index in [0.29, 0.717) is 6.54 Å². The number of hydrogen-bond acceptors (Lipinski definition) is 3. The smallest absolute Gasteiger partial charge is 0.322 e. The van der Waals surface area contributed by atoms with E-state index < -0.39 is 0 Å². The van der Waals surface area contributed by atoms with E-state index in [1.165, 1.54) is 5.56 Å². The number of anilines is 1. The third-order valence-corrected chi connectivity index (χ3v) is 6.05. The van der Waals surface area contributed by atoms with Crippen LogP contribution in [0.25, 0.3) is 0 Å². The van der Waals surface area contributed by atoms with Crippen LogP contribution in [0.3, 0.4) is 0 Å². The molecule has 0 spiro atoms. The van der Waals surface area contributed by atoms with E-state index in [4.69, 9.17) is 4.42 Å². The second-order valence-corrected chi connectivity index (χ2v) is 8.45. The first kappa shape index (κ1) is 21.2. The van der Waals surface area contributed by atoms with Crippen molar-refractivity contribution >= 4 is 11.7 Å². The fourth-order valence-corrected chi connectivity index (χ4v) is 4.23. The van der Waals surface area contributed by atoms with Gasteiger partial charge in [0.15, 0.2) is 0 Å². The minimum absolute atomic E-state index is 0.0633. The van der Waals surface area contributed by atoms with Crippen molar-refractivity contribution in [2.75, 3.05) is 18.4 Å². The molecule has 2 heterocycles. The van der Waals surface area contributed by atoms with Crippen LogP contribution in [0.15, 0.2) is 71.3 Å². The lowest BCUT2D eigenvalue weighted by Gasteiger charge is -2.38. The molecule has 2 amide bonds. The number of furan rings is 1. The molecule has 31 heavy (non-hydrogen) atoms. The van der Waals surface area contributed by atoms with Gasteiger partial charge in [-0.3, -0.25) is 4.90 Å². The summed E-state index contributed by atoms with van der Waals surface area (Å²) in [6, 6.07) is 20.6. The molecular formula is C26H31N3O2. The van der Waals surface area contributed by atoms with Crippen molar-refractivity contribution in [2.24, 2.45) is 0 Å². The largest absolute Gasteiger partial charge is 0.467 e. The maximum atomic E-state index is 13.3. The molecule has 0 bridgehead atoms. The van der Waals surface area contributed by atoms with Crippen LogP contribution < -0.4 is 5.32 Å². The van der Waals surface area contributed by atoms with E-state index in [1.807, 2.05) is 43.0 Å². The summed E-state index contributed by atoms with van der Waals surface area (Å²) in [7, 11) is 0. The Bertz CT molecular complexity index is 977. The topological polar surface area (TPSA) is 48.7 Å². The molecule has 0 saturated carbocycles. The van der Waals surface area contributed by atoms with Gasteiger partial charge in [-0.05, 0) is 61.6 Å². The fourth-order valence-electron chi connectivity index (χ4n) is 4.23. The normalized spacial score (nSPS) is 15.0. The number of hydrogen-bond donors (Lipinski definition) is 1. The summed E-state index contributed by atoms with van der Waals surface area (Å²) < 4.78 is 5.57. The van der Waals surface area contributed by atoms with Gasteiger partial charge in [0.25, 0.3) is 0 Å². The number of amides is 2. The predicted molar refractivity (Wildman–Crippen MR) is 124 cm³/mol. The highest BCUT2D eigenvalue weighted by Gasteiger charge is 2.29. The summed E-state index contributed by atoms with van der Waals surface area (Å²) in [4.78, 5) is 17.8. The van der Waals surface area contributed by atoms with Crippen molar-refractivity contribution in [2.45, 2.75) is 45.8 Å². The van der Waals surface area contributed by atoms with E-state index in [-0.39, 0.29) is 12.1 Å². The van der Waals surface area contributed by atoms with Crippen LogP contribution in [0, 0.1) is 13.8 Å². The molecule has 0 atom stereocenters. The summed E-state index contributed by atoms with van der Waals surface area (Å²) in [6.07, 6.45) is 3.57. The van der Waals surface area contributed by atoms with Crippen molar-refractivity contribution < 1.29 is 9.21 Å². The second-order valence-electron chi connectivity index (χ2n) is 8.45. The SMILES string of the molecule is Cc1ccc(C)c(NC(=O)N(Cc2ccco2)C2CCN(Cc3ccccc3)CC2)c1. The van der Waals surface area contributed by atoms with E-state index >= 15 is 0 Å². The molecule has 162 valence electrons. The van der Waals surface area contributed by atoms with Crippen molar-refractivity contribution in [3.63, 3.8) is 0 Å². The predicted octanol–water partition coefficient (Wildman–Crippen LogP) is 5.60. The van der Waals surface area contributed by atoms with E-state index in [0.717, 1.165) is 55.1 Å². The van der Waals surface area contributed by atoms with Crippen LogP contribution in [0.4, 0.5) is 10.5 Å². The highest BCUT2D eigenvalue weighted by Crippen LogP contribution is 2.23. The first-order valence-corrected chi connectivity index (χ1v) is 11.0. The number of nitrogens with zero attached hydrogens (tertiary/aromatic N) is 2. The molecule has 1 fully saturated rings. The Morgan fingerprint density at radius 2 is 1.84 bits per heavy atom. The molecule has 5 heteroatoms. The Morgan fingerprint density at radius 3 is 2.55 bits per heavy atom. The number of benzene rings is 2. The highest BCUT2D eigenvalue weighted by atomic mass is 16.3. The number of urea groups is 1. The Balaban J connectivity index is 1.44. The average Bonchev–Trinajstić information content (AvgIpc) is 3.29. The third-order valence-electron chi connectivity index (χ3n) is 6.05. The number of carbonyl (C=O) groups excluding carboxylic acids is 1. The minimum atomic E-state index is -0.0633. The monoisotopic (exact) mass is 417 g/mol. The van der Waals surface area contributed by atoms with Crippen LogP contribution in [-0.4, -0.2) is 35.0 Å². The van der Waals surface area contributed by atoms with Crippen LogP contribution in [0.2, 0.25) is 0 Å². The average molecular weight is 418 g/mol. The molecular weight excluding hydrogens is 386 g/mol. The van der Waals surface area contributed by atoms with Gasteiger partial charge < -0.3 is 14.6 Å². The Morgan fingerprint density at radius 1 is 1.06 bits per heavy atom. The fraction of sp³-hybridized carbons (Fsp3) is 0.346. The molecule has 1 aliphatic rings. The number of likely N-dealkylation sites (tertiary alicyclic amines) is 1. The van der Waals surface area contributed by atoms with Gasteiger partial charge in [-0.15, -0.1) is 0 Å². The first-order chi connectivity index (χ1) is 15.1. The third kappa shape index (κ3) is 5.56. The van der Waals surface area contributed by atoms with Crippen molar-refractivity contribution in [3.05, 3.63) is 89.4 Å². The van der Waals surface area contributed by atoms with Gasteiger partial charge in [-0.2, -0.15) is 0 Å². The van der Waals surface area contributed by atoms with Gasteiger partial charge in [0, 0.05) is 31.4 Å². The Hall–Kier alpha value is -3.05. The summed E-state index contributed by atoms with van der Waals surface area (Å²) >= 11 is 0. The van der Waals surface area contributed by atoms with Gasteiger partial charge in [0.05, 0.1) is 12.8 Å². The van der Waals surface area contributed by atoms with Gasteiger partial charge in [-0.1, -0.05) is 42.5 Å². The van der Waals surface area contributed by atoms with Crippen LogP contribution in [-0.2, 0) is 13.1 Å². The molecule has 0 unspecified atom stereocenters. The first-order valence-electron chi connectivity index (χ1n) is 11.0. The summed E-state index contributed by atoms with van der Waals surface area (Å²) in [5.74, 6) is 0.808. The maximum absolute atomic E-state index is 13.3. The zero-order valence-electron chi connectivity index (χ0n) is 18.4. The molecule has 2 aromatic carbocycles. The zero-order valence-corrected chi connectivity index (χ0v) is 18.4. The van der Waals surface area contributed by atoms with E-state index in [2.05, 4.69) is 46.6 Å². The Kier molecular flexibility index (Phi) is 6.73. The molecule has 1 saturated heterocycles. The van der Waals surface area contributed by atoms with Crippen LogP contribution in [0.5, 0.6) is 0 Å². The minimum Gasteiger partial charge on any atom is -0.467 e. The lowest BCUT2D eigenvalue weighted by Crippen LogP contribution is -2.48. The molecule has 4 rings (SSSR count).